The Morgan fingerprint density at radius 1 is 1.23 bits per heavy atom. The molecular weight excluding hydrogens is 348 g/mol. The van der Waals surface area contributed by atoms with E-state index in [4.69, 9.17) is 0 Å². The van der Waals surface area contributed by atoms with Gasteiger partial charge < -0.3 is 10.6 Å². The summed E-state index contributed by atoms with van der Waals surface area (Å²) < 4.78 is 24.7. The summed E-state index contributed by atoms with van der Waals surface area (Å²) in [6, 6.07) is 10.7. The molecule has 2 N–H and O–H groups in total. The molecule has 0 spiro atoms. The number of rotatable bonds is 6. The van der Waals surface area contributed by atoms with Crippen molar-refractivity contribution < 1.29 is 8.42 Å². The van der Waals surface area contributed by atoms with E-state index >= 15 is 0 Å². The van der Waals surface area contributed by atoms with Crippen LogP contribution >= 0.6 is 0 Å². The van der Waals surface area contributed by atoms with Crippen LogP contribution in [0.15, 0.2) is 35.3 Å². The van der Waals surface area contributed by atoms with Crippen LogP contribution < -0.4 is 10.6 Å². The van der Waals surface area contributed by atoms with Crippen molar-refractivity contribution in [2.45, 2.75) is 38.6 Å². The van der Waals surface area contributed by atoms with Gasteiger partial charge in [0.25, 0.3) is 0 Å². The lowest BCUT2D eigenvalue weighted by atomic mass is 9.94. The van der Waals surface area contributed by atoms with Gasteiger partial charge in [0.1, 0.15) is 0 Å². The molecule has 2 rings (SSSR count). The van der Waals surface area contributed by atoms with Crippen LogP contribution in [0.3, 0.4) is 0 Å². The van der Waals surface area contributed by atoms with Crippen molar-refractivity contribution in [3.8, 4) is 0 Å². The van der Waals surface area contributed by atoms with Crippen LogP contribution in [0.5, 0.6) is 0 Å². The molecule has 0 bridgehead atoms. The molecule has 26 heavy (non-hydrogen) atoms. The summed E-state index contributed by atoms with van der Waals surface area (Å²) in [7, 11) is -1.28. The van der Waals surface area contributed by atoms with Crippen molar-refractivity contribution in [3.63, 3.8) is 0 Å². The Labute approximate surface area is 158 Å². The second kappa shape index (κ2) is 9.37. The van der Waals surface area contributed by atoms with Crippen LogP contribution in [-0.4, -0.2) is 57.7 Å². The third-order valence-electron chi connectivity index (χ3n) is 5.26. The number of hydrogen-bond donors (Lipinski definition) is 2. The first-order valence-corrected chi connectivity index (χ1v) is 11.1. The van der Waals surface area contributed by atoms with E-state index in [1.165, 1.54) is 11.8 Å². The van der Waals surface area contributed by atoms with E-state index in [1.807, 2.05) is 6.07 Å². The van der Waals surface area contributed by atoms with Crippen molar-refractivity contribution in [1.29, 1.82) is 0 Å². The van der Waals surface area contributed by atoms with E-state index in [1.54, 1.807) is 11.4 Å². The molecule has 1 saturated heterocycles. The molecule has 0 radical (unpaired) electrons. The molecular formula is C19H32N4O2S. The minimum Gasteiger partial charge on any atom is -0.356 e. The summed E-state index contributed by atoms with van der Waals surface area (Å²) >= 11 is 0. The highest BCUT2D eigenvalue weighted by Gasteiger charge is 2.25. The smallest absolute Gasteiger partial charge is 0.211 e. The number of hydrogen-bond acceptors (Lipinski definition) is 3. The highest BCUT2D eigenvalue weighted by Crippen LogP contribution is 2.19. The predicted molar refractivity (Wildman–Crippen MR) is 108 cm³/mol. The van der Waals surface area contributed by atoms with Crippen molar-refractivity contribution in [1.82, 2.24) is 14.9 Å². The Hall–Kier alpha value is -1.60. The van der Waals surface area contributed by atoms with E-state index in [0.29, 0.717) is 24.9 Å². The molecule has 0 saturated carbocycles. The highest BCUT2D eigenvalue weighted by molar-refractivity contribution is 7.88. The first-order valence-electron chi connectivity index (χ1n) is 9.28. The van der Waals surface area contributed by atoms with E-state index in [9.17, 15) is 8.42 Å². The zero-order valence-corrected chi connectivity index (χ0v) is 17.1. The SMILES string of the molecule is CN=C(NCC1CCN(S(C)(=O)=O)CC1)NC(C)C(C)c1ccccc1. The van der Waals surface area contributed by atoms with E-state index in [0.717, 1.165) is 25.3 Å². The Bertz CT molecular complexity index is 683. The van der Waals surface area contributed by atoms with Gasteiger partial charge in [0.05, 0.1) is 6.26 Å². The number of sulfonamides is 1. The average molecular weight is 381 g/mol. The normalized spacial score (nSPS) is 19.8. The first-order chi connectivity index (χ1) is 12.3. The fourth-order valence-electron chi connectivity index (χ4n) is 3.27. The fourth-order valence-corrected chi connectivity index (χ4v) is 4.14. The highest BCUT2D eigenvalue weighted by atomic mass is 32.2. The maximum atomic E-state index is 11.6. The summed E-state index contributed by atoms with van der Waals surface area (Å²) in [5.41, 5.74) is 1.30. The molecule has 2 unspecified atom stereocenters. The number of piperidine rings is 1. The van der Waals surface area contributed by atoms with Crippen LogP contribution in [0.4, 0.5) is 0 Å². The standard InChI is InChI=1S/C19H32N4O2S/c1-15(18-8-6-5-7-9-18)16(2)22-19(20-3)21-14-17-10-12-23(13-11-17)26(4,24)25/h5-9,15-17H,10-14H2,1-4H3,(H2,20,21,22). The first kappa shape index (κ1) is 20.7. The molecule has 0 amide bonds. The maximum Gasteiger partial charge on any atom is 0.211 e. The number of benzene rings is 1. The Morgan fingerprint density at radius 3 is 2.38 bits per heavy atom. The molecule has 6 nitrogen and oxygen atoms in total. The fraction of sp³-hybridized carbons (Fsp3) is 0.632. The van der Waals surface area contributed by atoms with E-state index in [-0.39, 0.29) is 6.04 Å². The molecule has 1 aromatic carbocycles. The third kappa shape index (κ3) is 5.99. The summed E-state index contributed by atoms with van der Waals surface area (Å²) in [4.78, 5) is 4.33. The summed E-state index contributed by atoms with van der Waals surface area (Å²) in [6.45, 7) is 6.40. The Kier molecular flexibility index (Phi) is 7.46. The van der Waals surface area contributed by atoms with E-state index in [2.05, 4.69) is 53.7 Å². The second-order valence-electron chi connectivity index (χ2n) is 7.19. The van der Waals surface area contributed by atoms with Crippen LogP contribution in [0, 0.1) is 5.92 Å². The molecule has 1 aliphatic rings. The van der Waals surface area contributed by atoms with Gasteiger partial charge in [-0.3, -0.25) is 4.99 Å². The lowest BCUT2D eigenvalue weighted by molar-refractivity contribution is 0.274. The van der Waals surface area contributed by atoms with Gasteiger partial charge in [-0.15, -0.1) is 0 Å². The van der Waals surface area contributed by atoms with Crippen molar-refractivity contribution in [2.24, 2.45) is 10.9 Å². The molecule has 1 aliphatic heterocycles. The van der Waals surface area contributed by atoms with Crippen molar-refractivity contribution >= 4 is 16.0 Å². The molecule has 0 aliphatic carbocycles. The summed E-state index contributed by atoms with van der Waals surface area (Å²) in [5, 5.41) is 6.87. The lowest BCUT2D eigenvalue weighted by Crippen LogP contribution is -2.47. The molecule has 1 heterocycles. The van der Waals surface area contributed by atoms with Gasteiger partial charge in [-0.2, -0.15) is 0 Å². The number of nitrogens with zero attached hydrogens (tertiary/aromatic N) is 2. The van der Waals surface area contributed by atoms with Gasteiger partial charge in [-0.1, -0.05) is 37.3 Å². The molecule has 0 aromatic heterocycles. The molecule has 7 heteroatoms. The Balaban J connectivity index is 1.79. The minimum absolute atomic E-state index is 0.246. The molecule has 146 valence electrons. The van der Waals surface area contributed by atoms with Crippen LogP contribution in [0.2, 0.25) is 0 Å². The van der Waals surface area contributed by atoms with Crippen LogP contribution in [-0.2, 0) is 10.0 Å². The maximum absolute atomic E-state index is 11.6. The van der Waals surface area contributed by atoms with Crippen LogP contribution in [0.25, 0.3) is 0 Å². The molecule has 1 aromatic rings. The van der Waals surface area contributed by atoms with Gasteiger partial charge >= 0.3 is 0 Å². The minimum atomic E-state index is -3.06. The van der Waals surface area contributed by atoms with Crippen LogP contribution in [0.1, 0.15) is 38.2 Å². The van der Waals surface area contributed by atoms with E-state index < -0.39 is 10.0 Å². The molecule has 1 fully saturated rings. The van der Waals surface area contributed by atoms with Gasteiger partial charge in [0, 0.05) is 38.6 Å². The van der Waals surface area contributed by atoms with Gasteiger partial charge in [0.2, 0.25) is 10.0 Å². The predicted octanol–water partition coefficient (Wildman–Crippen LogP) is 2.02. The number of aliphatic imine (C=N–C) groups is 1. The molecule has 2 atom stereocenters. The average Bonchev–Trinajstić information content (AvgIpc) is 2.64. The van der Waals surface area contributed by atoms with Gasteiger partial charge in [0.15, 0.2) is 5.96 Å². The quantitative estimate of drug-likeness (QED) is 0.585. The zero-order chi connectivity index (χ0) is 19.2. The summed E-state index contributed by atoms with van der Waals surface area (Å²) in [5.74, 6) is 1.63. The summed E-state index contributed by atoms with van der Waals surface area (Å²) in [6.07, 6.45) is 3.05. The topological polar surface area (TPSA) is 73.8 Å². The number of nitrogens with one attached hydrogen (secondary N) is 2. The second-order valence-corrected chi connectivity index (χ2v) is 9.17. The zero-order valence-electron chi connectivity index (χ0n) is 16.3. The van der Waals surface area contributed by atoms with Gasteiger partial charge in [-0.25, -0.2) is 12.7 Å². The van der Waals surface area contributed by atoms with Crippen molar-refractivity contribution in [2.75, 3.05) is 32.9 Å². The lowest BCUT2D eigenvalue weighted by Gasteiger charge is -2.31. The third-order valence-corrected chi connectivity index (χ3v) is 6.57. The van der Waals surface area contributed by atoms with Crippen molar-refractivity contribution in [3.05, 3.63) is 35.9 Å². The monoisotopic (exact) mass is 380 g/mol. The van der Waals surface area contributed by atoms with Gasteiger partial charge in [-0.05, 0) is 31.2 Å². The Morgan fingerprint density at radius 2 is 1.85 bits per heavy atom. The largest absolute Gasteiger partial charge is 0.356 e. The number of guanidine groups is 1.